The Hall–Kier alpha value is -2.74. The fourth-order valence-electron chi connectivity index (χ4n) is 2.81. The van der Waals surface area contributed by atoms with Gasteiger partial charge in [0.05, 0.1) is 24.1 Å². The summed E-state index contributed by atoms with van der Waals surface area (Å²) in [5.41, 5.74) is 0.842. The van der Waals surface area contributed by atoms with Gasteiger partial charge in [0, 0.05) is 32.3 Å². The Morgan fingerprint density at radius 2 is 2.16 bits per heavy atom. The molecule has 2 aromatic rings. The molecule has 2 heterocycles. The average Bonchev–Trinajstić information content (AvgIpc) is 3.10. The molecule has 1 saturated heterocycles. The first-order valence-corrected chi connectivity index (χ1v) is 7.96. The van der Waals surface area contributed by atoms with Crippen LogP contribution in [0.1, 0.15) is 10.4 Å². The van der Waals surface area contributed by atoms with Gasteiger partial charge in [0.1, 0.15) is 12.4 Å². The minimum atomic E-state index is -0.443. The van der Waals surface area contributed by atoms with E-state index in [2.05, 4.69) is 10.2 Å². The van der Waals surface area contributed by atoms with Crippen LogP contribution in [0.4, 0.5) is 4.39 Å². The van der Waals surface area contributed by atoms with Gasteiger partial charge in [-0.25, -0.2) is 4.39 Å². The number of ether oxygens (including phenoxy) is 1. The van der Waals surface area contributed by atoms with Gasteiger partial charge in [0.15, 0.2) is 0 Å². The lowest BCUT2D eigenvalue weighted by atomic mass is 10.1. The smallest absolute Gasteiger partial charge is 0.258 e. The standard InChI is InChI=1S/C17H19FN4O3/c1-25-9-8-21-6-7-22(11-15(21)23)17(24)13-10-19-20-16(13)12-4-2-3-5-14(12)18/h2-5,10H,6-9,11H2,1H3,(H,19,20). The van der Waals surface area contributed by atoms with Crippen molar-refractivity contribution in [3.63, 3.8) is 0 Å². The predicted octanol–water partition coefficient (Wildman–Crippen LogP) is 1.15. The number of H-pyrrole nitrogens is 1. The second-order valence-electron chi connectivity index (χ2n) is 5.74. The number of aromatic nitrogens is 2. The molecule has 0 aliphatic carbocycles. The van der Waals surface area contributed by atoms with E-state index in [1.54, 1.807) is 30.2 Å². The number of aromatic amines is 1. The highest BCUT2D eigenvalue weighted by molar-refractivity contribution is 6.01. The topological polar surface area (TPSA) is 78.5 Å². The van der Waals surface area contributed by atoms with Gasteiger partial charge in [-0.05, 0) is 12.1 Å². The third-order valence-corrected chi connectivity index (χ3v) is 4.18. The maximum Gasteiger partial charge on any atom is 0.258 e. The van der Waals surface area contributed by atoms with E-state index >= 15 is 0 Å². The number of piperazine rings is 1. The van der Waals surface area contributed by atoms with Crippen molar-refractivity contribution in [1.29, 1.82) is 0 Å². The molecule has 25 heavy (non-hydrogen) atoms. The van der Waals surface area contributed by atoms with Gasteiger partial charge < -0.3 is 14.5 Å². The summed E-state index contributed by atoms with van der Waals surface area (Å²) < 4.78 is 19.0. The van der Waals surface area contributed by atoms with Gasteiger partial charge in [0.25, 0.3) is 5.91 Å². The van der Waals surface area contributed by atoms with Crippen LogP contribution in [0.25, 0.3) is 11.3 Å². The van der Waals surface area contributed by atoms with E-state index in [0.717, 1.165) is 0 Å². The molecule has 8 heteroatoms. The molecule has 0 spiro atoms. The Balaban J connectivity index is 1.76. The molecule has 2 amide bonds. The first-order chi connectivity index (χ1) is 12.1. The van der Waals surface area contributed by atoms with Crippen molar-refractivity contribution >= 4 is 11.8 Å². The van der Waals surface area contributed by atoms with Crippen molar-refractivity contribution in [3.05, 3.63) is 41.8 Å². The van der Waals surface area contributed by atoms with Crippen LogP contribution in [0.3, 0.4) is 0 Å². The highest BCUT2D eigenvalue weighted by atomic mass is 19.1. The zero-order valence-corrected chi connectivity index (χ0v) is 13.9. The molecule has 0 saturated carbocycles. The molecule has 1 aliphatic heterocycles. The number of rotatable bonds is 5. The molecule has 3 rings (SSSR count). The number of carbonyl (C=O) groups is 2. The summed E-state index contributed by atoms with van der Waals surface area (Å²) in [5, 5.41) is 6.56. The van der Waals surface area contributed by atoms with E-state index in [-0.39, 0.29) is 29.5 Å². The maximum absolute atomic E-state index is 14.0. The number of hydrogen-bond donors (Lipinski definition) is 1. The first kappa shape index (κ1) is 17.1. The van der Waals surface area contributed by atoms with Gasteiger partial charge in [-0.15, -0.1) is 0 Å². The number of benzene rings is 1. The Morgan fingerprint density at radius 3 is 2.88 bits per heavy atom. The third-order valence-electron chi connectivity index (χ3n) is 4.18. The highest BCUT2D eigenvalue weighted by Crippen LogP contribution is 2.25. The van der Waals surface area contributed by atoms with E-state index in [1.807, 2.05) is 0 Å². The number of nitrogens with one attached hydrogen (secondary N) is 1. The van der Waals surface area contributed by atoms with Crippen molar-refractivity contribution < 1.29 is 18.7 Å². The van der Waals surface area contributed by atoms with Crippen LogP contribution in [0, 0.1) is 5.82 Å². The minimum Gasteiger partial charge on any atom is -0.383 e. The Morgan fingerprint density at radius 1 is 1.36 bits per heavy atom. The lowest BCUT2D eigenvalue weighted by molar-refractivity contribution is -0.135. The number of hydrogen-bond acceptors (Lipinski definition) is 4. The summed E-state index contributed by atoms with van der Waals surface area (Å²) in [4.78, 5) is 28.1. The quantitative estimate of drug-likeness (QED) is 0.881. The summed E-state index contributed by atoms with van der Waals surface area (Å²) >= 11 is 0. The largest absolute Gasteiger partial charge is 0.383 e. The van der Waals surface area contributed by atoms with E-state index < -0.39 is 5.82 Å². The second-order valence-corrected chi connectivity index (χ2v) is 5.74. The third kappa shape index (κ3) is 3.53. The molecule has 0 bridgehead atoms. The first-order valence-electron chi connectivity index (χ1n) is 7.96. The summed E-state index contributed by atoms with van der Waals surface area (Å²) in [6, 6.07) is 6.16. The van der Waals surface area contributed by atoms with Crippen LogP contribution in [0.2, 0.25) is 0 Å². The van der Waals surface area contributed by atoms with Crippen LogP contribution in [-0.4, -0.2) is 71.7 Å². The molecule has 1 N–H and O–H groups in total. The molecule has 0 radical (unpaired) electrons. The van der Waals surface area contributed by atoms with Gasteiger partial charge in [-0.2, -0.15) is 5.10 Å². The van der Waals surface area contributed by atoms with Crippen molar-refractivity contribution in [2.45, 2.75) is 0 Å². The Kier molecular flexibility index (Phi) is 5.08. The van der Waals surface area contributed by atoms with Gasteiger partial charge >= 0.3 is 0 Å². The van der Waals surface area contributed by atoms with Gasteiger partial charge in [0.2, 0.25) is 5.91 Å². The molecule has 132 valence electrons. The van der Waals surface area contributed by atoms with Crippen LogP contribution in [0.15, 0.2) is 30.5 Å². The zero-order valence-electron chi connectivity index (χ0n) is 13.9. The normalized spacial score (nSPS) is 14.9. The minimum absolute atomic E-state index is 0.00948. The highest BCUT2D eigenvalue weighted by Gasteiger charge is 2.29. The van der Waals surface area contributed by atoms with Crippen molar-refractivity contribution in [2.75, 3.05) is 39.9 Å². The van der Waals surface area contributed by atoms with Gasteiger partial charge in [-0.3, -0.25) is 14.7 Å². The number of carbonyl (C=O) groups excluding carboxylic acids is 2. The summed E-state index contributed by atoms with van der Waals surface area (Å²) in [6.07, 6.45) is 1.37. The average molecular weight is 346 g/mol. The molecule has 1 fully saturated rings. The number of halogens is 1. The lowest BCUT2D eigenvalue weighted by Gasteiger charge is -2.34. The van der Waals surface area contributed by atoms with E-state index in [9.17, 15) is 14.0 Å². The molecule has 1 aromatic heterocycles. The van der Waals surface area contributed by atoms with Crippen molar-refractivity contribution in [3.8, 4) is 11.3 Å². The van der Waals surface area contributed by atoms with Crippen LogP contribution in [-0.2, 0) is 9.53 Å². The van der Waals surface area contributed by atoms with Crippen molar-refractivity contribution in [1.82, 2.24) is 20.0 Å². The van der Waals surface area contributed by atoms with E-state index in [1.165, 1.54) is 17.2 Å². The number of methoxy groups -OCH3 is 1. The Bertz CT molecular complexity index is 777. The summed E-state index contributed by atoms with van der Waals surface area (Å²) in [5.74, 6) is -0.916. The van der Waals surface area contributed by atoms with Crippen LogP contribution in [0.5, 0.6) is 0 Å². The SMILES string of the molecule is COCCN1CCN(C(=O)c2cn[nH]c2-c2ccccc2F)CC1=O. The summed E-state index contributed by atoms with van der Waals surface area (Å²) in [7, 11) is 1.58. The predicted molar refractivity (Wildman–Crippen MR) is 88.3 cm³/mol. The van der Waals surface area contributed by atoms with E-state index in [4.69, 9.17) is 4.74 Å². The molecular weight excluding hydrogens is 327 g/mol. The Labute approximate surface area is 144 Å². The fourth-order valence-corrected chi connectivity index (χ4v) is 2.81. The molecule has 1 aromatic carbocycles. The van der Waals surface area contributed by atoms with Crippen molar-refractivity contribution in [2.24, 2.45) is 0 Å². The van der Waals surface area contributed by atoms with Crippen LogP contribution >= 0.6 is 0 Å². The lowest BCUT2D eigenvalue weighted by Crippen LogP contribution is -2.52. The maximum atomic E-state index is 14.0. The summed E-state index contributed by atoms with van der Waals surface area (Å²) in [6.45, 7) is 1.81. The second kappa shape index (κ2) is 7.43. The van der Waals surface area contributed by atoms with Gasteiger partial charge in [-0.1, -0.05) is 12.1 Å². The fraction of sp³-hybridized carbons (Fsp3) is 0.353. The molecule has 7 nitrogen and oxygen atoms in total. The number of amides is 2. The molecular formula is C17H19FN4O3. The molecule has 0 atom stereocenters. The van der Waals surface area contributed by atoms with Crippen LogP contribution < -0.4 is 0 Å². The molecule has 0 unspecified atom stereocenters. The molecule has 1 aliphatic rings. The number of nitrogens with zero attached hydrogens (tertiary/aromatic N) is 3. The zero-order chi connectivity index (χ0) is 17.8. The monoisotopic (exact) mass is 346 g/mol. The van der Waals surface area contributed by atoms with E-state index in [0.29, 0.717) is 31.9 Å².